The third-order valence-electron chi connectivity index (χ3n) is 7.64. The van der Waals surface area contributed by atoms with Crippen LogP contribution >= 0.6 is 0 Å². The first-order valence-electron chi connectivity index (χ1n) is 10.8. The molecule has 5 aliphatic rings. The van der Waals surface area contributed by atoms with Crippen LogP contribution in [0.1, 0.15) is 56.8 Å². The Labute approximate surface area is 180 Å². The van der Waals surface area contributed by atoms with E-state index >= 15 is 0 Å². The van der Waals surface area contributed by atoms with Gasteiger partial charge in [-0.3, -0.25) is 0 Å². The second kappa shape index (κ2) is 7.18. The van der Waals surface area contributed by atoms with Crippen molar-refractivity contribution in [2.24, 2.45) is 22.9 Å². The Balaban J connectivity index is 1.50. The number of benzene rings is 1. The molecule has 0 radical (unpaired) electrons. The first-order valence-corrected chi connectivity index (χ1v) is 10.8. The Morgan fingerprint density at radius 2 is 1.97 bits per heavy atom. The lowest BCUT2D eigenvalue weighted by Gasteiger charge is -2.61. The summed E-state index contributed by atoms with van der Waals surface area (Å²) in [6.45, 7) is 5.77. The van der Waals surface area contributed by atoms with E-state index in [9.17, 15) is 10.3 Å². The molecule has 0 aromatic heterocycles. The van der Waals surface area contributed by atoms with Crippen LogP contribution in [0.4, 0.5) is 0 Å². The van der Waals surface area contributed by atoms with E-state index in [1.54, 1.807) is 24.3 Å². The second-order valence-corrected chi connectivity index (χ2v) is 9.52. The Kier molecular flexibility index (Phi) is 4.80. The van der Waals surface area contributed by atoms with Gasteiger partial charge in [0.15, 0.2) is 11.9 Å². The van der Waals surface area contributed by atoms with E-state index in [1.165, 1.54) is 0 Å². The van der Waals surface area contributed by atoms with Crippen LogP contribution in [0.25, 0.3) is 10.4 Å². The molecule has 166 valence electrons. The number of carbonyl (C=O) groups excluding carboxylic acids is 1. The average Bonchev–Trinajstić information content (AvgIpc) is 2.99. The summed E-state index contributed by atoms with van der Waals surface area (Å²) in [6.07, 6.45) is 1.10. The second-order valence-electron chi connectivity index (χ2n) is 9.52. The molecule has 9 heteroatoms. The number of azide groups is 1. The van der Waals surface area contributed by atoms with E-state index in [4.69, 9.17) is 24.0 Å². The van der Waals surface area contributed by atoms with Crippen molar-refractivity contribution in [3.05, 3.63) is 46.3 Å². The summed E-state index contributed by atoms with van der Waals surface area (Å²) in [5.74, 6) is -1.81. The number of nitrogens with zero attached hydrogens (tertiary/aromatic N) is 3. The van der Waals surface area contributed by atoms with Crippen LogP contribution in [0, 0.1) is 17.8 Å². The Morgan fingerprint density at radius 3 is 2.71 bits per heavy atom. The lowest BCUT2D eigenvalue weighted by atomic mass is 9.55. The van der Waals surface area contributed by atoms with Gasteiger partial charge in [0.1, 0.15) is 0 Å². The summed E-state index contributed by atoms with van der Waals surface area (Å²) in [5, 5.41) is 4.18. The van der Waals surface area contributed by atoms with E-state index in [1.807, 2.05) is 26.8 Å². The molecule has 0 N–H and O–H groups in total. The molecule has 1 spiro atoms. The summed E-state index contributed by atoms with van der Waals surface area (Å²) >= 11 is 0. The van der Waals surface area contributed by atoms with E-state index in [0.29, 0.717) is 31.2 Å². The fourth-order valence-corrected chi connectivity index (χ4v) is 5.98. The molecule has 1 aromatic carbocycles. The third-order valence-corrected chi connectivity index (χ3v) is 7.64. The molecule has 9 nitrogen and oxygen atoms in total. The van der Waals surface area contributed by atoms with Crippen LogP contribution in [0.5, 0.6) is 0 Å². The lowest BCUT2D eigenvalue weighted by molar-refractivity contribution is -0.576. The quantitative estimate of drug-likeness (QED) is 0.230. The summed E-state index contributed by atoms with van der Waals surface area (Å²) < 4.78 is 18.3. The molecule has 4 saturated heterocycles. The summed E-state index contributed by atoms with van der Waals surface area (Å²) in [5.41, 5.74) is 8.11. The molecule has 2 bridgehead atoms. The van der Waals surface area contributed by atoms with Gasteiger partial charge in [0.05, 0.1) is 11.1 Å². The molecule has 8 atom stereocenters. The first kappa shape index (κ1) is 20.7. The van der Waals surface area contributed by atoms with E-state index in [-0.39, 0.29) is 17.8 Å². The highest BCUT2D eigenvalue weighted by Crippen LogP contribution is 2.62. The monoisotopic (exact) mass is 429 g/mol. The predicted molar refractivity (Wildman–Crippen MR) is 107 cm³/mol. The van der Waals surface area contributed by atoms with Crippen molar-refractivity contribution in [1.82, 2.24) is 0 Å². The van der Waals surface area contributed by atoms with Gasteiger partial charge in [-0.1, -0.05) is 37.2 Å². The van der Waals surface area contributed by atoms with E-state index < -0.39 is 35.5 Å². The molecule has 5 fully saturated rings. The van der Waals surface area contributed by atoms with Gasteiger partial charge in [0.25, 0.3) is 0 Å². The van der Waals surface area contributed by atoms with Gasteiger partial charge in [0, 0.05) is 29.1 Å². The maximum absolute atomic E-state index is 12.7. The average molecular weight is 429 g/mol. The van der Waals surface area contributed by atoms with E-state index in [0.717, 1.165) is 0 Å². The standard InChI is InChI=1S/C22H27N3O6/c1-13-15-9-11-20(2,24-25-23)16-10-12-21(3)29-19(22(15,16)31-30-21)28-18(13)27-17(26)14-7-5-4-6-8-14/h4-8,13,15-16,18-19H,9-12H2,1-3H3/t13-,15+,16+,18-,19-,20+,21-,22+/m1/s1. The van der Waals surface area contributed by atoms with Gasteiger partial charge in [0.2, 0.25) is 12.1 Å². The Bertz CT molecular complexity index is 923. The zero-order valence-corrected chi connectivity index (χ0v) is 17.9. The normalized spacial score (nSPS) is 45.7. The molecule has 6 rings (SSSR count). The highest BCUT2D eigenvalue weighted by molar-refractivity contribution is 5.89. The van der Waals surface area contributed by atoms with Crippen molar-refractivity contribution in [3.63, 3.8) is 0 Å². The van der Waals surface area contributed by atoms with Crippen LogP contribution in [0.2, 0.25) is 0 Å². The molecule has 1 aromatic rings. The zero-order valence-electron chi connectivity index (χ0n) is 17.9. The smallest absolute Gasteiger partial charge is 0.340 e. The first-order chi connectivity index (χ1) is 14.8. The highest BCUT2D eigenvalue weighted by Gasteiger charge is 2.72. The van der Waals surface area contributed by atoms with Crippen molar-refractivity contribution >= 4 is 5.97 Å². The number of carbonyl (C=O) groups is 1. The van der Waals surface area contributed by atoms with Crippen molar-refractivity contribution in [2.45, 2.75) is 76.0 Å². The molecule has 31 heavy (non-hydrogen) atoms. The topological polar surface area (TPSA) is 112 Å². The minimum atomic E-state index is -0.982. The molecular formula is C22H27N3O6. The van der Waals surface area contributed by atoms with Crippen LogP contribution in [0.15, 0.2) is 35.4 Å². The van der Waals surface area contributed by atoms with Gasteiger partial charge in [-0.25, -0.2) is 14.6 Å². The Morgan fingerprint density at radius 1 is 1.19 bits per heavy atom. The maximum atomic E-state index is 12.7. The van der Waals surface area contributed by atoms with Gasteiger partial charge < -0.3 is 14.2 Å². The van der Waals surface area contributed by atoms with Crippen molar-refractivity contribution in [2.75, 3.05) is 0 Å². The number of esters is 1. The molecule has 4 aliphatic heterocycles. The summed E-state index contributed by atoms with van der Waals surface area (Å²) in [4.78, 5) is 27.7. The van der Waals surface area contributed by atoms with Crippen LogP contribution < -0.4 is 0 Å². The van der Waals surface area contributed by atoms with Gasteiger partial charge in [-0.05, 0) is 43.9 Å². The van der Waals surface area contributed by atoms with Gasteiger partial charge >= 0.3 is 5.97 Å². The van der Waals surface area contributed by atoms with Crippen LogP contribution in [-0.2, 0) is 24.0 Å². The molecule has 0 unspecified atom stereocenters. The summed E-state index contributed by atoms with van der Waals surface area (Å²) in [6, 6.07) is 8.84. The fourth-order valence-electron chi connectivity index (χ4n) is 5.98. The van der Waals surface area contributed by atoms with Crippen LogP contribution in [-0.4, -0.2) is 35.5 Å². The molecule has 1 aliphatic carbocycles. The van der Waals surface area contributed by atoms with Crippen LogP contribution in [0.3, 0.4) is 0 Å². The zero-order chi connectivity index (χ0) is 21.9. The number of ether oxygens (including phenoxy) is 3. The van der Waals surface area contributed by atoms with Crippen molar-refractivity contribution in [3.8, 4) is 0 Å². The largest absolute Gasteiger partial charge is 0.432 e. The number of hydrogen-bond donors (Lipinski definition) is 0. The molecule has 4 heterocycles. The minimum absolute atomic E-state index is 0.0607. The predicted octanol–water partition coefficient (Wildman–Crippen LogP) is 4.48. The van der Waals surface area contributed by atoms with Gasteiger partial charge in [-0.2, -0.15) is 0 Å². The Hall–Kier alpha value is -2.16. The third kappa shape index (κ3) is 3.07. The highest BCUT2D eigenvalue weighted by atomic mass is 17.3. The minimum Gasteiger partial charge on any atom is -0.432 e. The molecular weight excluding hydrogens is 402 g/mol. The summed E-state index contributed by atoms with van der Waals surface area (Å²) in [7, 11) is 0. The van der Waals surface area contributed by atoms with E-state index in [2.05, 4.69) is 10.0 Å². The fraction of sp³-hybridized carbons (Fsp3) is 0.682. The number of rotatable bonds is 3. The van der Waals surface area contributed by atoms with Gasteiger partial charge in [-0.15, -0.1) is 0 Å². The number of fused-ring (bicyclic) bond motifs is 2. The number of hydrogen-bond acceptors (Lipinski definition) is 7. The van der Waals surface area contributed by atoms with Crippen molar-refractivity contribution in [1.29, 1.82) is 0 Å². The van der Waals surface area contributed by atoms with Crippen molar-refractivity contribution < 1.29 is 28.8 Å². The molecule has 0 amide bonds. The SMILES string of the molecule is C[C@H]1[C@H](OC(=O)c2ccccc2)O[C@@H]2O[C@@]3(C)CC[C@@H]4[C@@]2(OO3)[C@H]1CC[C@]4(C)N=[N+]=[N-]. The maximum Gasteiger partial charge on any atom is 0.340 e. The lowest BCUT2D eigenvalue weighted by Crippen LogP contribution is -2.72. The molecule has 1 saturated carbocycles.